The minimum atomic E-state index is -0.260. The largest absolute Gasteiger partial charge is 0.335 e. The van der Waals surface area contributed by atoms with Gasteiger partial charge in [-0.3, -0.25) is 5.32 Å². The Hall–Kier alpha value is -1.96. The average Bonchev–Trinajstić information content (AvgIpc) is 3.09. The van der Waals surface area contributed by atoms with E-state index in [1.54, 1.807) is 12.5 Å². The summed E-state index contributed by atoms with van der Waals surface area (Å²) in [6, 6.07) is -0.302. The van der Waals surface area contributed by atoms with Crippen molar-refractivity contribution in [2.45, 2.75) is 53.1 Å². The summed E-state index contributed by atoms with van der Waals surface area (Å²) in [5, 5.41) is 15.3. The summed E-state index contributed by atoms with van der Waals surface area (Å²) in [7, 11) is 0. The number of imidazole rings is 1. The first-order valence-electron chi connectivity index (χ1n) is 7.74. The molecular formula is C15H24N6OS. The first-order valence-corrected chi connectivity index (χ1v) is 8.55. The molecule has 0 saturated carbocycles. The van der Waals surface area contributed by atoms with E-state index in [1.165, 1.54) is 11.3 Å². The van der Waals surface area contributed by atoms with E-state index in [0.29, 0.717) is 11.7 Å². The van der Waals surface area contributed by atoms with Crippen molar-refractivity contribution in [1.82, 2.24) is 25.1 Å². The van der Waals surface area contributed by atoms with E-state index in [1.807, 2.05) is 10.8 Å². The van der Waals surface area contributed by atoms with Gasteiger partial charge in [0.05, 0.1) is 12.4 Å². The zero-order valence-electron chi connectivity index (χ0n) is 14.0. The van der Waals surface area contributed by atoms with E-state index in [2.05, 4.69) is 53.5 Å². The third kappa shape index (κ3) is 5.31. The molecule has 2 aromatic rings. The third-order valence-electron chi connectivity index (χ3n) is 3.45. The Balaban J connectivity index is 1.96. The molecule has 2 N–H and O–H groups in total. The third-order valence-corrected chi connectivity index (χ3v) is 4.35. The van der Waals surface area contributed by atoms with Crippen LogP contribution in [0.3, 0.4) is 0 Å². The van der Waals surface area contributed by atoms with Crippen LogP contribution in [0.5, 0.6) is 0 Å². The summed E-state index contributed by atoms with van der Waals surface area (Å²) < 4.78 is 1.96. The number of nitrogens with one attached hydrogen (secondary N) is 2. The predicted octanol–water partition coefficient (Wildman–Crippen LogP) is 2.92. The van der Waals surface area contributed by atoms with Crippen molar-refractivity contribution in [2.75, 3.05) is 5.32 Å². The number of amides is 2. The highest BCUT2D eigenvalue weighted by atomic mass is 32.1. The molecule has 23 heavy (non-hydrogen) atoms. The van der Waals surface area contributed by atoms with Crippen molar-refractivity contribution >= 4 is 22.5 Å². The summed E-state index contributed by atoms with van der Waals surface area (Å²) in [6.45, 7) is 9.04. The quantitative estimate of drug-likeness (QED) is 0.849. The van der Waals surface area contributed by atoms with Gasteiger partial charge in [0.25, 0.3) is 0 Å². The zero-order chi connectivity index (χ0) is 16.9. The van der Waals surface area contributed by atoms with Crippen LogP contribution < -0.4 is 10.6 Å². The van der Waals surface area contributed by atoms with Gasteiger partial charge in [-0.2, -0.15) is 0 Å². The van der Waals surface area contributed by atoms with Gasteiger partial charge in [0, 0.05) is 25.4 Å². The Bertz CT molecular complexity index is 616. The number of hydrogen-bond donors (Lipinski definition) is 2. The Morgan fingerprint density at radius 1 is 1.39 bits per heavy atom. The van der Waals surface area contributed by atoms with Crippen LogP contribution in [0.15, 0.2) is 18.7 Å². The number of hydrogen-bond acceptors (Lipinski definition) is 5. The molecule has 2 heterocycles. The van der Waals surface area contributed by atoms with E-state index >= 15 is 0 Å². The van der Waals surface area contributed by atoms with Crippen LogP contribution in [0.1, 0.15) is 39.1 Å². The molecule has 0 bridgehead atoms. The second kappa shape index (κ2) is 7.54. The molecule has 2 rings (SSSR count). The summed E-state index contributed by atoms with van der Waals surface area (Å²) in [5.41, 5.74) is -0.0872. The molecule has 0 saturated heterocycles. The number of carbonyl (C=O) groups excluding carboxylic acids is 1. The number of carbonyl (C=O) groups is 1. The summed E-state index contributed by atoms with van der Waals surface area (Å²) in [4.78, 5) is 16.3. The number of nitrogens with zero attached hydrogens (tertiary/aromatic N) is 4. The van der Waals surface area contributed by atoms with Crippen LogP contribution >= 0.6 is 11.3 Å². The van der Waals surface area contributed by atoms with Crippen molar-refractivity contribution < 1.29 is 4.79 Å². The van der Waals surface area contributed by atoms with Crippen LogP contribution in [0.2, 0.25) is 0 Å². The van der Waals surface area contributed by atoms with Crippen LogP contribution in [-0.4, -0.2) is 31.8 Å². The van der Waals surface area contributed by atoms with Crippen LogP contribution in [0.4, 0.5) is 9.93 Å². The molecule has 0 aliphatic heterocycles. The van der Waals surface area contributed by atoms with Gasteiger partial charge in [-0.25, -0.2) is 9.78 Å². The summed E-state index contributed by atoms with van der Waals surface area (Å²) >= 11 is 1.42. The number of anilines is 1. The lowest BCUT2D eigenvalue weighted by Crippen LogP contribution is -2.47. The summed E-state index contributed by atoms with van der Waals surface area (Å²) in [5.74, 6) is 0. The smallest absolute Gasteiger partial charge is 0.321 e. The van der Waals surface area contributed by atoms with Gasteiger partial charge in [-0.1, -0.05) is 39.0 Å². The molecule has 126 valence electrons. The predicted molar refractivity (Wildman–Crippen MR) is 91.5 cm³/mol. The Morgan fingerprint density at radius 2 is 2.17 bits per heavy atom. The Kier molecular flexibility index (Phi) is 5.70. The molecule has 0 aromatic carbocycles. The van der Waals surface area contributed by atoms with Crippen LogP contribution in [-0.2, 0) is 13.0 Å². The number of urea groups is 1. The minimum Gasteiger partial charge on any atom is -0.335 e. The van der Waals surface area contributed by atoms with Crippen LogP contribution in [0.25, 0.3) is 0 Å². The molecule has 0 unspecified atom stereocenters. The van der Waals surface area contributed by atoms with E-state index < -0.39 is 0 Å². The molecule has 0 radical (unpaired) electrons. The molecule has 7 nitrogen and oxygen atoms in total. The number of aryl methyl sites for hydroxylation is 1. The van der Waals surface area contributed by atoms with Gasteiger partial charge in [0.1, 0.15) is 5.01 Å². The van der Waals surface area contributed by atoms with E-state index in [-0.39, 0.29) is 17.5 Å². The summed E-state index contributed by atoms with van der Waals surface area (Å²) in [6.07, 6.45) is 7.26. The lowest BCUT2D eigenvalue weighted by atomic mass is 9.86. The first-order chi connectivity index (χ1) is 10.9. The van der Waals surface area contributed by atoms with E-state index in [9.17, 15) is 4.79 Å². The Morgan fingerprint density at radius 3 is 2.78 bits per heavy atom. The SMILES string of the molecule is CCCc1nnc(NC(=O)N[C@H](Cn2ccnc2)C(C)(C)C)s1. The lowest BCUT2D eigenvalue weighted by molar-refractivity contribution is 0.218. The molecule has 0 fully saturated rings. The van der Waals surface area contributed by atoms with Gasteiger partial charge < -0.3 is 9.88 Å². The van der Waals surface area contributed by atoms with E-state index in [4.69, 9.17) is 0 Å². The standard InChI is InChI=1S/C15H24N6OS/c1-5-6-12-19-20-14(23-12)18-13(22)17-11(15(2,3)4)9-21-8-7-16-10-21/h7-8,10-11H,5-6,9H2,1-4H3,(H2,17,18,20,22)/t11-/m1/s1. The van der Waals surface area contributed by atoms with E-state index in [0.717, 1.165) is 17.8 Å². The molecule has 0 spiro atoms. The van der Waals surface area contributed by atoms with Crippen molar-refractivity contribution in [2.24, 2.45) is 5.41 Å². The van der Waals surface area contributed by atoms with Crippen molar-refractivity contribution in [1.29, 1.82) is 0 Å². The Labute approximate surface area is 140 Å². The fraction of sp³-hybridized carbons (Fsp3) is 0.600. The maximum absolute atomic E-state index is 12.3. The number of aromatic nitrogens is 4. The number of rotatable bonds is 6. The zero-order valence-corrected chi connectivity index (χ0v) is 14.9. The first kappa shape index (κ1) is 17.4. The maximum atomic E-state index is 12.3. The fourth-order valence-corrected chi connectivity index (χ4v) is 2.89. The highest BCUT2D eigenvalue weighted by Gasteiger charge is 2.27. The molecule has 2 aromatic heterocycles. The molecular weight excluding hydrogens is 312 g/mol. The van der Waals surface area contributed by atoms with Crippen molar-refractivity contribution in [3.05, 3.63) is 23.7 Å². The topological polar surface area (TPSA) is 84.7 Å². The minimum absolute atomic E-state index is 0.0419. The van der Waals surface area contributed by atoms with Gasteiger partial charge in [-0.15, -0.1) is 10.2 Å². The lowest BCUT2D eigenvalue weighted by Gasteiger charge is -2.31. The fourth-order valence-electron chi connectivity index (χ4n) is 2.05. The molecule has 1 atom stereocenters. The van der Waals surface area contributed by atoms with Gasteiger partial charge >= 0.3 is 6.03 Å². The normalized spacial score (nSPS) is 12.9. The molecule has 8 heteroatoms. The molecule has 0 aliphatic rings. The maximum Gasteiger partial charge on any atom is 0.321 e. The average molecular weight is 336 g/mol. The highest BCUT2D eigenvalue weighted by Crippen LogP contribution is 2.21. The monoisotopic (exact) mass is 336 g/mol. The van der Waals surface area contributed by atoms with Crippen molar-refractivity contribution in [3.8, 4) is 0 Å². The van der Waals surface area contributed by atoms with Crippen LogP contribution in [0, 0.1) is 5.41 Å². The second-order valence-electron chi connectivity index (χ2n) is 6.53. The second-order valence-corrected chi connectivity index (χ2v) is 7.59. The van der Waals surface area contributed by atoms with Crippen molar-refractivity contribution in [3.63, 3.8) is 0 Å². The van der Waals surface area contributed by atoms with Gasteiger partial charge in [0.15, 0.2) is 0 Å². The van der Waals surface area contributed by atoms with Gasteiger partial charge in [-0.05, 0) is 11.8 Å². The molecule has 0 aliphatic carbocycles. The van der Waals surface area contributed by atoms with Gasteiger partial charge in [0.2, 0.25) is 5.13 Å². The highest BCUT2D eigenvalue weighted by molar-refractivity contribution is 7.15. The molecule has 2 amide bonds.